The molecule has 0 saturated carbocycles. The van der Waals surface area contributed by atoms with Crippen molar-refractivity contribution in [2.75, 3.05) is 0 Å². The number of carbonyl (C=O) groups is 1. The fourth-order valence-corrected chi connectivity index (χ4v) is 0. The van der Waals surface area contributed by atoms with Crippen LogP contribution < -0.4 is 5.73 Å². The molecule has 0 rings (SSSR count). The van der Waals surface area contributed by atoms with E-state index in [0.717, 1.165) is 8.42 Å². The van der Waals surface area contributed by atoms with Crippen LogP contribution in [0.3, 0.4) is 0 Å². The van der Waals surface area contributed by atoms with E-state index in [9.17, 15) is 0 Å². The normalized spacial score (nSPS) is 7.20. The molecule has 60 valence electrons. The molecule has 0 fully saturated rings. The molecule has 10 heavy (non-hydrogen) atoms. The number of hydrogen-bond donors (Lipinski definition) is 2. The van der Waals surface area contributed by atoms with Gasteiger partial charge < -0.3 is 10.8 Å². The minimum absolute atomic E-state index is 0.731. The highest BCUT2D eigenvalue weighted by atomic mass is 79.9. The lowest BCUT2D eigenvalue weighted by Crippen LogP contribution is -2.03. The Balaban J connectivity index is 0. The summed E-state index contributed by atoms with van der Waals surface area (Å²) in [5.74, 6) is 0. The quantitative estimate of drug-likeness (QED) is 0.722. The average molecular weight is 295 g/mol. The first kappa shape index (κ1) is 12.9. The molecule has 0 aromatic rings. The second kappa shape index (κ2) is 7.37. The molecule has 0 aliphatic carbocycles. The highest BCUT2D eigenvalue weighted by Crippen LogP contribution is 2.20. The molecule has 0 aliphatic rings. The molecule has 0 bridgehead atoms. The van der Waals surface area contributed by atoms with Crippen LogP contribution in [-0.4, -0.2) is 11.2 Å². The predicted molar refractivity (Wildman–Crippen MR) is 48.6 cm³/mol. The van der Waals surface area contributed by atoms with E-state index in [4.69, 9.17) is 21.5 Å². The third-order valence-electron chi connectivity index (χ3n) is 0.260. The van der Waals surface area contributed by atoms with Gasteiger partial charge in [0.05, 0.1) is 3.39 Å². The van der Waals surface area contributed by atoms with Crippen molar-refractivity contribution in [1.82, 2.24) is 0 Å². The number of primary amides is 1. The summed E-state index contributed by atoms with van der Waals surface area (Å²) in [5.41, 5.74) is 4.03. The molecule has 6 heteroatoms. The fourth-order valence-electron chi connectivity index (χ4n) is 0. The zero-order chi connectivity index (χ0) is 8.73. The zero-order valence-corrected chi connectivity index (χ0v) is 8.99. The summed E-state index contributed by atoms with van der Waals surface area (Å²) in [7, 11) is 0. The number of nitrogens with two attached hydrogens (primary N) is 1. The maximum Gasteiger partial charge on any atom is 0.402 e. The number of carboxylic acid groups (broad SMARTS) is 1. The standard InChI is InChI=1S/C3H3Br2Cl.CH3NO2/c1-2(6)3(4)5;2-1(3)4/h1H3;2H2,(H,3,4). The lowest BCUT2D eigenvalue weighted by molar-refractivity contribution is 0.205. The first-order valence-corrected chi connectivity index (χ1v) is 4.00. The maximum atomic E-state index is 8.78. The summed E-state index contributed by atoms with van der Waals surface area (Å²) in [6.45, 7) is 1.79. The highest BCUT2D eigenvalue weighted by Gasteiger charge is 1.83. The smallest absolute Gasteiger partial charge is 0.402 e. The molecule has 0 spiro atoms. The monoisotopic (exact) mass is 293 g/mol. The molecule has 3 nitrogen and oxygen atoms in total. The van der Waals surface area contributed by atoms with Gasteiger partial charge in [0, 0.05) is 5.03 Å². The highest BCUT2D eigenvalue weighted by molar-refractivity contribution is 9.28. The van der Waals surface area contributed by atoms with E-state index in [1.54, 1.807) is 6.92 Å². The summed E-state index contributed by atoms with van der Waals surface area (Å²) >= 11 is 11.6. The molecule has 0 radical (unpaired) electrons. The zero-order valence-electron chi connectivity index (χ0n) is 5.07. The largest absolute Gasteiger partial charge is 0.465 e. The predicted octanol–water partition coefficient (Wildman–Crippen LogP) is 2.83. The van der Waals surface area contributed by atoms with Crippen LogP contribution in [0.4, 0.5) is 4.79 Å². The van der Waals surface area contributed by atoms with Gasteiger partial charge in [0.1, 0.15) is 0 Å². The Hall–Kier alpha value is 0.260. The van der Waals surface area contributed by atoms with Gasteiger partial charge in [-0.3, -0.25) is 0 Å². The molecular weight excluding hydrogens is 289 g/mol. The third-order valence-corrected chi connectivity index (χ3v) is 2.10. The van der Waals surface area contributed by atoms with Crippen molar-refractivity contribution in [3.05, 3.63) is 8.42 Å². The Labute approximate surface area is 80.5 Å². The molecule has 0 saturated heterocycles. The van der Waals surface area contributed by atoms with Gasteiger partial charge >= 0.3 is 6.09 Å². The van der Waals surface area contributed by atoms with Gasteiger partial charge in [0.2, 0.25) is 0 Å². The van der Waals surface area contributed by atoms with E-state index in [1.165, 1.54) is 0 Å². The minimum atomic E-state index is -1.33. The summed E-state index contributed by atoms with van der Waals surface area (Å²) < 4.78 is 0.816. The minimum Gasteiger partial charge on any atom is -0.465 e. The summed E-state index contributed by atoms with van der Waals surface area (Å²) in [6, 6.07) is 0. The van der Waals surface area contributed by atoms with Crippen LogP contribution in [0.1, 0.15) is 6.92 Å². The lowest BCUT2D eigenvalue weighted by Gasteiger charge is -1.80. The van der Waals surface area contributed by atoms with E-state index in [1.807, 2.05) is 0 Å². The van der Waals surface area contributed by atoms with Crippen LogP contribution >= 0.6 is 43.5 Å². The number of rotatable bonds is 0. The van der Waals surface area contributed by atoms with Crippen LogP contribution in [0.25, 0.3) is 0 Å². The van der Waals surface area contributed by atoms with E-state index in [-0.39, 0.29) is 0 Å². The molecule has 0 heterocycles. The summed E-state index contributed by atoms with van der Waals surface area (Å²) in [4.78, 5) is 8.78. The van der Waals surface area contributed by atoms with Crippen LogP contribution in [0.5, 0.6) is 0 Å². The molecule has 0 aromatic heterocycles. The van der Waals surface area contributed by atoms with Gasteiger partial charge in [-0.1, -0.05) is 11.6 Å². The van der Waals surface area contributed by atoms with Crippen molar-refractivity contribution in [1.29, 1.82) is 0 Å². The molecular formula is C4H6Br2ClNO2. The van der Waals surface area contributed by atoms with E-state index >= 15 is 0 Å². The van der Waals surface area contributed by atoms with Crippen molar-refractivity contribution in [2.24, 2.45) is 5.73 Å². The van der Waals surface area contributed by atoms with E-state index in [2.05, 4.69) is 37.6 Å². The van der Waals surface area contributed by atoms with Crippen molar-refractivity contribution >= 4 is 49.6 Å². The molecule has 0 aromatic carbocycles. The van der Waals surface area contributed by atoms with Crippen molar-refractivity contribution in [3.8, 4) is 0 Å². The first-order chi connectivity index (χ1) is 4.37. The topological polar surface area (TPSA) is 63.3 Å². The maximum absolute atomic E-state index is 8.78. The number of amides is 1. The van der Waals surface area contributed by atoms with Crippen LogP contribution in [0, 0.1) is 0 Å². The van der Waals surface area contributed by atoms with Gasteiger partial charge in [0.15, 0.2) is 0 Å². The van der Waals surface area contributed by atoms with Crippen LogP contribution in [0.15, 0.2) is 8.42 Å². The van der Waals surface area contributed by atoms with Gasteiger partial charge in [-0.25, -0.2) is 4.79 Å². The SMILES string of the molecule is CC(Cl)=C(Br)Br.NC(=O)O. The summed E-state index contributed by atoms with van der Waals surface area (Å²) in [6.07, 6.45) is -1.33. The number of hydrogen-bond acceptors (Lipinski definition) is 1. The number of allylic oxidation sites excluding steroid dienone is 1. The van der Waals surface area contributed by atoms with Gasteiger partial charge in [-0.2, -0.15) is 0 Å². The Morgan fingerprint density at radius 2 is 1.70 bits per heavy atom. The average Bonchev–Trinajstić information content (AvgIpc) is 1.63. The Morgan fingerprint density at radius 3 is 1.70 bits per heavy atom. The lowest BCUT2D eigenvalue weighted by atomic mass is 10.8. The Morgan fingerprint density at radius 1 is 1.60 bits per heavy atom. The van der Waals surface area contributed by atoms with E-state index in [0.29, 0.717) is 0 Å². The fraction of sp³-hybridized carbons (Fsp3) is 0.250. The van der Waals surface area contributed by atoms with E-state index < -0.39 is 6.09 Å². The van der Waals surface area contributed by atoms with Crippen molar-refractivity contribution in [3.63, 3.8) is 0 Å². The van der Waals surface area contributed by atoms with Crippen LogP contribution in [-0.2, 0) is 0 Å². The molecule has 0 atom stereocenters. The first-order valence-electron chi connectivity index (χ1n) is 2.03. The number of halogens is 3. The molecule has 0 unspecified atom stereocenters. The molecule has 0 aliphatic heterocycles. The van der Waals surface area contributed by atoms with Gasteiger partial charge in [-0.15, -0.1) is 0 Å². The van der Waals surface area contributed by atoms with Gasteiger partial charge in [-0.05, 0) is 38.8 Å². The van der Waals surface area contributed by atoms with Crippen LogP contribution in [0.2, 0.25) is 0 Å². The van der Waals surface area contributed by atoms with Crippen molar-refractivity contribution < 1.29 is 9.90 Å². The van der Waals surface area contributed by atoms with Gasteiger partial charge in [0.25, 0.3) is 0 Å². The second-order valence-corrected chi connectivity index (χ2v) is 4.35. The molecule has 3 N–H and O–H groups in total. The Bertz CT molecular complexity index is 126. The second-order valence-electron chi connectivity index (χ2n) is 1.13. The Kier molecular flexibility index (Phi) is 9.50. The molecule has 1 amide bonds. The van der Waals surface area contributed by atoms with Crippen molar-refractivity contribution in [2.45, 2.75) is 6.92 Å². The summed E-state index contributed by atoms with van der Waals surface area (Å²) in [5, 5.41) is 7.93. The third kappa shape index (κ3) is 24.0.